The van der Waals surface area contributed by atoms with E-state index in [-0.39, 0.29) is 23.6 Å². The van der Waals surface area contributed by atoms with Gasteiger partial charge in [-0.2, -0.15) is 0 Å². The second-order valence-corrected chi connectivity index (χ2v) is 3.36. The lowest BCUT2D eigenvalue weighted by molar-refractivity contribution is -0.138. The summed E-state index contributed by atoms with van der Waals surface area (Å²) < 4.78 is 10.1. The van der Waals surface area contributed by atoms with Crippen molar-refractivity contribution in [2.45, 2.75) is 5.92 Å². The summed E-state index contributed by atoms with van der Waals surface area (Å²) in [5.41, 5.74) is 5.53. The first kappa shape index (κ1) is 13.1. The Balaban J connectivity index is 3.42. The maximum Gasteiger partial charge on any atom is 0.312 e. The van der Waals surface area contributed by atoms with E-state index >= 15 is 0 Å². The van der Waals surface area contributed by atoms with Crippen molar-refractivity contribution in [1.82, 2.24) is 0 Å². The van der Waals surface area contributed by atoms with E-state index in [1.54, 1.807) is 0 Å². The van der Waals surface area contributed by atoms with Gasteiger partial charge in [-0.25, -0.2) is 0 Å². The SMILES string of the molecule is COc1ccc(O)c(C(CN)C(=O)O)c1OC. The van der Waals surface area contributed by atoms with E-state index in [2.05, 4.69) is 0 Å². The third kappa shape index (κ3) is 2.42. The predicted octanol–water partition coefficient (Wildman–Crippen LogP) is 0.536. The van der Waals surface area contributed by atoms with Crippen LogP contribution in [0.15, 0.2) is 12.1 Å². The Morgan fingerprint density at radius 2 is 2.06 bits per heavy atom. The number of carboxylic acids is 1. The van der Waals surface area contributed by atoms with Crippen LogP contribution in [0.4, 0.5) is 0 Å². The van der Waals surface area contributed by atoms with Crippen molar-refractivity contribution in [3.8, 4) is 17.2 Å². The Morgan fingerprint density at radius 3 is 2.47 bits per heavy atom. The summed E-state index contributed by atoms with van der Waals surface area (Å²) in [5, 5.41) is 18.8. The summed E-state index contributed by atoms with van der Waals surface area (Å²) in [4.78, 5) is 11.1. The second kappa shape index (κ2) is 5.40. The Morgan fingerprint density at radius 1 is 1.41 bits per heavy atom. The Hall–Kier alpha value is -1.95. The molecule has 0 saturated carbocycles. The number of aromatic hydroxyl groups is 1. The topological polar surface area (TPSA) is 102 Å². The summed E-state index contributed by atoms with van der Waals surface area (Å²) in [7, 11) is 2.80. The monoisotopic (exact) mass is 241 g/mol. The van der Waals surface area contributed by atoms with Gasteiger partial charge < -0.3 is 25.4 Å². The summed E-state index contributed by atoms with van der Waals surface area (Å²) in [6.45, 7) is -0.146. The van der Waals surface area contributed by atoms with Crippen LogP contribution in [0.1, 0.15) is 11.5 Å². The maximum atomic E-state index is 11.1. The predicted molar refractivity (Wildman–Crippen MR) is 60.6 cm³/mol. The smallest absolute Gasteiger partial charge is 0.312 e. The van der Waals surface area contributed by atoms with Gasteiger partial charge in [-0.05, 0) is 12.1 Å². The molecule has 0 aliphatic carbocycles. The number of rotatable bonds is 5. The van der Waals surface area contributed by atoms with E-state index in [1.165, 1.54) is 26.4 Å². The number of aliphatic carboxylic acids is 1. The molecule has 0 radical (unpaired) electrons. The van der Waals surface area contributed by atoms with Crippen molar-refractivity contribution in [2.75, 3.05) is 20.8 Å². The fraction of sp³-hybridized carbons (Fsp3) is 0.364. The van der Waals surface area contributed by atoms with E-state index in [1.807, 2.05) is 0 Å². The van der Waals surface area contributed by atoms with Crippen LogP contribution in [-0.2, 0) is 4.79 Å². The lowest BCUT2D eigenvalue weighted by Crippen LogP contribution is -2.22. The molecule has 1 aromatic rings. The molecule has 1 aromatic carbocycles. The molecule has 0 aliphatic rings. The summed E-state index contributed by atoms with van der Waals surface area (Å²) in [6, 6.07) is 2.84. The zero-order chi connectivity index (χ0) is 13.0. The lowest BCUT2D eigenvalue weighted by atomic mass is 9.96. The molecule has 0 heterocycles. The number of hydrogen-bond donors (Lipinski definition) is 3. The number of nitrogens with two attached hydrogens (primary N) is 1. The molecule has 0 aliphatic heterocycles. The molecule has 0 amide bonds. The zero-order valence-electron chi connectivity index (χ0n) is 9.64. The van der Waals surface area contributed by atoms with E-state index < -0.39 is 11.9 Å². The van der Waals surface area contributed by atoms with Crippen LogP contribution in [-0.4, -0.2) is 36.9 Å². The fourth-order valence-corrected chi connectivity index (χ4v) is 1.62. The highest BCUT2D eigenvalue weighted by molar-refractivity contribution is 5.79. The van der Waals surface area contributed by atoms with E-state index in [9.17, 15) is 9.90 Å². The van der Waals surface area contributed by atoms with Crippen molar-refractivity contribution < 1.29 is 24.5 Å². The molecular formula is C11H15NO5. The van der Waals surface area contributed by atoms with Gasteiger partial charge in [-0.15, -0.1) is 0 Å². The maximum absolute atomic E-state index is 11.1. The van der Waals surface area contributed by atoms with E-state index in [0.717, 1.165) is 0 Å². The number of phenols is 1. The number of hydrogen-bond acceptors (Lipinski definition) is 5. The summed E-state index contributed by atoms with van der Waals surface area (Å²) >= 11 is 0. The standard InChI is InChI=1S/C11H15NO5/c1-16-8-4-3-7(13)9(10(8)17-2)6(5-12)11(14)15/h3-4,6,13H,5,12H2,1-2H3,(H,14,15). The molecule has 1 atom stereocenters. The molecule has 94 valence electrons. The lowest BCUT2D eigenvalue weighted by Gasteiger charge is -2.18. The number of phenolic OH excluding ortho intramolecular Hbond substituents is 1. The second-order valence-electron chi connectivity index (χ2n) is 3.36. The van der Waals surface area contributed by atoms with Crippen molar-refractivity contribution in [3.63, 3.8) is 0 Å². The quantitative estimate of drug-likeness (QED) is 0.695. The molecule has 4 N–H and O–H groups in total. The minimum atomic E-state index is -1.13. The highest BCUT2D eigenvalue weighted by atomic mass is 16.5. The van der Waals surface area contributed by atoms with E-state index in [4.69, 9.17) is 20.3 Å². The third-order valence-corrected chi connectivity index (χ3v) is 2.44. The minimum Gasteiger partial charge on any atom is -0.507 e. The zero-order valence-corrected chi connectivity index (χ0v) is 9.64. The van der Waals surface area contributed by atoms with Crippen LogP contribution in [0.5, 0.6) is 17.2 Å². The van der Waals surface area contributed by atoms with Crippen LogP contribution >= 0.6 is 0 Å². The van der Waals surface area contributed by atoms with Crippen molar-refractivity contribution in [2.24, 2.45) is 5.73 Å². The number of benzene rings is 1. The Bertz CT molecular complexity index is 419. The highest BCUT2D eigenvalue weighted by Gasteiger charge is 2.27. The number of methoxy groups -OCH3 is 2. The third-order valence-electron chi connectivity index (χ3n) is 2.44. The molecule has 0 saturated heterocycles. The van der Waals surface area contributed by atoms with Crippen molar-refractivity contribution in [1.29, 1.82) is 0 Å². The van der Waals surface area contributed by atoms with Gasteiger partial charge in [-0.1, -0.05) is 0 Å². The molecule has 6 heteroatoms. The Labute approximate surface area is 98.6 Å². The van der Waals surface area contributed by atoms with Crippen molar-refractivity contribution >= 4 is 5.97 Å². The molecule has 0 bridgehead atoms. The number of carbonyl (C=O) groups is 1. The van der Waals surface area contributed by atoms with Gasteiger partial charge in [0.2, 0.25) is 0 Å². The summed E-state index contributed by atoms with van der Waals surface area (Å²) in [5.74, 6) is -1.82. The van der Waals surface area contributed by atoms with Gasteiger partial charge in [0.25, 0.3) is 0 Å². The van der Waals surface area contributed by atoms with Gasteiger partial charge in [0.15, 0.2) is 11.5 Å². The van der Waals surface area contributed by atoms with Crippen LogP contribution in [0.3, 0.4) is 0 Å². The van der Waals surface area contributed by atoms with Gasteiger partial charge >= 0.3 is 5.97 Å². The first-order valence-electron chi connectivity index (χ1n) is 4.93. The molecule has 1 unspecified atom stereocenters. The van der Waals surface area contributed by atoms with Crippen LogP contribution in [0.2, 0.25) is 0 Å². The fourth-order valence-electron chi connectivity index (χ4n) is 1.62. The molecule has 0 fully saturated rings. The Kier molecular flexibility index (Phi) is 4.17. The molecule has 0 spiro atoms. The van der Waals surface area contributed by atoms with Crippen LogP contribution in [0.25, 0.3) is 0 Å². The minimum absolute atomic E-state index is 0.127. The first-order valence-corrected chi connectivity index (χ1v) is 4.93. The largest absolute Gasteiger partial charge is 0.507 e. The first-order chi connectivity index (χ1) is 8.06. The number of ether oxygens (including phenoxy) is 2. The van der Waals surface area contributed by atoms with Crippen LogP contribution in [0, 0.1) is 0 Å². The molecule has 17 heavy (non-hydrogen) atoms. The number of carboxylic acid groups (broad SMARTS) is 1. The average Bonchev–Trinajstić information content (AvgIpc) is 2.31. The molecule has 6 nitrogen and oxygen atoms in total. The van der Waals surface area contributed by atoms with Gasteiger partial charge in [0.1, 0.15) is 11.7 Å². The molecule has 1 rings (SSSR count). The van der Waals surface area contributed by atoms with Gasteiger partial charge in [0.05, 0.1) is 19.8 Å². The van der Waals surface area contributed by atoms with Gasteiger partial charge in [-0.3, -0.25) is 4.79 Å². The van der Waals surface area contributed by atoms with E-state index in [0.29, 0.717) is 5.75 Å². The average molecular weight is 241 g/mol. The normalized spacial score (nSPS) is 11.9. The molecule has 0 aromatic heterocycles. The van der Waals surface area contributed by atoms with Crippen LogP contribution < -0.4 is 15.2 Å². The highest BCUT2D eigenvalue weighted by Crippen LogP contribution is 2.41. The van der Waals surface area contributed by atoms with Crippen molar-refractivity contribution in [3.05, 3.63) is 17.7 Å². The summed E-state index contributed by atoms with van der Waals surface area (Å²) in [6.07, 6.45) is 0. The van der Waals surface area contributed by atoms with Gasteiger partial charge in [0, 0.05) is 6.54 Å². The molecular weight excluding hydrogens is 226 g/mol.